The van der Waals surface area contributed by atoms with Crippen LogP contribution in [0.1, 0.15) is 25.0 Å². The van der Waals surface area contributed by atoms with Gasteiger partial charge in [0.1, 0.15) is 6.04 Å². The van der Waals surface area contributed by atoms with Crippen molar-refractivity contribution in [1.29, 1.82) is 0 Å². The van der Waals surface area contributed by atoms with E-state index >= 15 is 0 Å². The summed E-state index contributed by atoms with van der Waals surface area (Å²) in [6.45, 7) is 3.58. The third kappa shape index (κ3) is 5.52. The molecule has 0 saturated heterocycles. The molecule has 0 radical (unpaired) electrons. The van der Waals surface area contributed by atoms with E-state index in [1.165, 1.54) is 6.92 Å². The van der Waals surface area contributed by atoms with Crippen LogP contribution in [0, 0.1) is 0 Å². The number of amides is 2. The number of carbonyl (C=O) groups is 2. The Kier molecular flexibility index (Phi) is 6.02. The predicted octanol–water partition coefficient (Wildman–Crippen LogP) is 0.362. The molecule has 1 aromatic carbocycles. The van der Waals surface area contributed by atoms with Gasteiger partial charge in [0.2, 0.25) is 11.8 Å². The van der Waals surface area contributed by atoms with Crippen molar-refractivity contribution in [3.63, 3.8) is 0 Å². The van der Waals surface area contributed by atoms with Crippen LogP contribution >= 0.6 is 0 Å². The molecule has 1 aromatic rings. The zero-order valence-corrected chi connectivity index (χ0v) is 11.3. The summed E-state index contributed by atoms with van der Waals surface area (Å²) in [5, 5.41) is 14.2. The fraction of sp³-hybridized carbons (Fsp3) is 0.429. The summed E-state index contributed by atoms with van der Waals surface area (Å²) in [5.74, 6) is -0.413. The maximum atomic E-state index is 11.6. The van der Waals surface area contributed by atoms with Gasteiger partial charge in [-0.05, 0) is 24.5 Å². The summed E-state index contributed by atoms with van der Waals surface area (Å²) in [4.78, 5) is 22.4. The molecule has 1 rings (SSSR count). The molecular formula is C14H20N2O3. The highest BCUT2D eigenvalue weighted by molar-refractivity contribution is 5.86. The van der Waals surface area contributed by atoms with Gasteiger partial charge in [-0.15, -0.1) is 0 Å². The van der Waals surface area contributed by atoms with Crippen LogP contribution < -0.4 is 10.6 Å². The minimum absolute atomic E-state index is 0.0330. The molecule has 1 atom stereocenters. The Hall–Kier alpha value is -1.88. The van der Waals surface area contributed by atoms with E-state index in [-0.39, 0.29) is 18.4 Å². The normalized spacial score (nSPS) is 11.7. The monoisotopic (exact) mass is 264 g/mol. The molecular weight excluding hydrogens is 244 g/mol. The van der Waals surface area contributed by atoms with E-state index in [1.807, 2.05) is 24.3 Å². The number of benzene rings is 1. The van der Waals surface area contributed by atoms with E-state index in [0.717, 1.165) is 11.1 Å². The minimum atomic E-state index is -0.519. The molecule has 0 aliphatic heterocycles. The second-order valence-corrected chi connectivity index (χ2v) is 4.44. The first-order valence-corrected chi connectivity index (χ1v) is 6.26. The van der Waals surface area contributed by atoms with E-state index in [4.69, 9.17) is 5.11 Å². The topological polar surface area (TPSA) is 78.4 Å². The van der Waals surface area contributed by atoms with Crippen LogP contribution in [0.4, 0.5) is 0 Å². The van der Waals surface area contributed by atoms with E-state index in [0.29, 0.717) is 13.0 Å². The van der Waals surface area contributed by atoms with Gasteiger partial charge in [0, 0.05) is 13.5 Å². The first-order valence-electron chi connectivity index (χ1n) is 6.26. The lowest BCUT2D eigenvalue weighted by molar-refractivity contribution is -0.127. The van der Waals surface area contributed by atoms with Crippen LogP contribution in [0.25, 0.3) is 0 Å². The Bertz CT molecular complexity index is 429. The van der Waals surface area contributed by atoms with Gasteiger partial charge in [0.15, 0.2) is 0 Å². The quantitative estimate of drug-likeness (QED) is 0.694. The molecule has 104 valence electrons. The van der Waals surface area contributed by atoms with Crippen molar-refractivity contribution in [2.75, 3.05) is 6.54 Å². The molecule has 0 bridgehead atoms. The van der Waals surface area contributed by atoms with E-state index in [1.54, 1.807) is 6.92 Å². The zero-order chi connectivity index (χ0) is 14.3. The first-order chi connectivity index (χ1) is 9.02. The number of carbonyl (C=O) groups excluding carboxylic acids is 2. The molecule has 0 heterocycles. The van der Waals surface area contributed by atoms with Crippen molar-refractivity contribution in [2.45, 2.75) is 32.9 Å². The van der Waals surface area contributed by atoms with Crippen LogP contribution in [0.3, 0.4) is 0 Å². The molecule has 0 aliphatic rings. The van der Waals surface area contributed by atoms with Gasteiger partial charge in [-0.3, -0.25) is 9.59 Å². The van der Waals surface area contributed by atoms with Gasteiger partial charge >= 0.3 is 0 Å². The molecule has 3 N–H and O–H groups in total. The molecule has 0 aliphatic carbocycles. The highest BCUT2D eigenvalue weighted by atomic mass is 16.3. The number of hydrogen-bond donors (Lipinski definition) is 3. The summed E-state index contributed by atoms with van der Waals surface area (Å²) in [7, 11) is 0. The van der Waals surface area contributed by atoms with Crippen LogP contribution in [-0.2, 0) is 22.6 Å². The predicted molar refractivity (Wildman–Crippen MR) is 72.4 cm³/mol. The molecule has 0 aromatic heterocycles. The Balaban J connectivity index is 2.32. The molecule has 1 unspecified atom stereocenters. The number of nitrogens with one attached hydrogen (secondary N) is 2. The molecule has 2 amide bonds. The Morgan fingerprint density at radius 2 is 1.79 bits per heavy atom. The summed E-state index contributed by atoms with van der Waals surface area (Å²) < 4.78 is 0. The van der Waals surface area contributed by atoms with Crippen molar-refractivity contribution >= 4 is 11.8 Å². The smallest absolute Gasteiger partial charge is 0.242 e. The van der Waals surface area contributed by atoms with Crippen LogP contribution in [0.15, 0.2) is 24.3 Å². The van der Waals surface area contributed by atoms with Gasteiger partial charge in [-0.2, -0.15) is 0 Å². The second kappa shape index (κ2) is 7.53. The first kappa shape index (κ1) is 15.2. The Morgan fingerprint density at radius 3 is 2.32 bits per heavy atom. The summed E-state index contributed by atoms with van der Waals surface area (Å²) >= 11 is 0. The minimum Gasteiger partial charge on any atom is -0.392 e. The van der Waals surface area contributed by atoms with Gasteiger partial charge in [0.05, 0.1) is 6.61 Å². The highest BCUT2D eigenvalue weighted by Crippen LogP contribution is 2.04. The van der Waals surface area contributed by atoms with Crippen molar-refractivity contribution in [3.05, 3.63) is 35.4 Å². The lowest BCUT2D eigenvalue weighted by Crippen LogP contribution is -2.44. The fourth-order valence-corrected chi connectivity index (χ4v) is 1.66. The third-order valence-electron chi connectivity index (χ3n) is 2.73. The summed E-state index contributed by atoms with van der Waals surface area (Å²) in [6, 6.07) is 7.05. The Morgan fingerprint density at radius 1 is 1.21 bits per heavy atom. The molecule has 5 heteroatoms. The lowest BCUT2D eigenvalue weighted by Gasteiger charge is -2.12. The molecule has 19 heavy (non-hydrogen) atoms. The lowest BCUT2D eigenvalue weighted by atomic mass is 10.1. The fourth-order valence-electron chi connectivity index (χ4n) is 1.66. The average molecular weight is 264 g/mol. The molecule has 0 spiro atoms. The van der Waals surface area contributed by atoms with E-state index in [2.05, 4.69) is 10.6 Å². The van der Waals surface area contributed by atoms with Crippen molar-refractivity contribution in [1.82, 2.24) is 10.6 Å². The van der Waals surface area contributed by atoms with Crippen molar-refractivity contribution in [2.24, 2.45) is 0 Å². The number of aliphatic hydroxyl groups is 1. The second-order valence-electron chi connectivity index (χ2n) is 4.44. The SMILES string of the molecule is CC(=O)NC(C)C(=O)NCCc1ccc(CO)cc1. The summed E-state index contributed by atoms with van der Waals surface area (Å²) in [6.07, 6.45) is 0.713. The van der Waals surface area contributed by atoms with Crippen molar-refractivity contribution < 1.29 is 14.7 Å². The van der Waals surface area contributed by atoms with Crippen LogP contribution in [-0.4, -0.2) is 29.5 Å². The summed E-state index contributed by atoms with van der Waals surface area (Å²) in [5.41, 5.74) is 1.96. The highest BCUT2D eigenvalue weighted by Gasteiger charge is 2.12. The largest absolute Gasteiger partial charge is 0.392 e. The maximum absolute atomic E-state index is 11.6. The number of rotatable bonds is 6. The average Bonchev–Trinajstić information content (AvgIpc) is 2.38. The molecule has 0 saturated carbocycles. The molecule has 0 fully saturated rings. The van der Waals surface area contributed by atoms with E-state index in [9.17, 15) is 9.59 Å². The van der Waals surface area contributed by atoms with E-state index < -0.39 is 6.04 Å². The number of aliphatic hydroxyl groups excluding tert-OH is 1. The molecule has 5 nitrogen and oxygen atoms in total. The third-order valence-corrected chi connectivity index (χ3v) is 2.73. The van der Waals surface area contributed by atoms with Gasteiger partial charge in [-0.25, -0.2) is 0 Å². The Labute approximate surface area is 113 Å². The standard InChI is InChI=1S/C14H20N2O3/c1-10(16-11(2)18)14(19)15-8-7-12-3-5-13(9-17)6-4-12/h3-6,10,17H,7-9H2,1-2H3,(H,15,19)(H,16,18). The van der Waals surface area contributed by atoms with Gasteiger partial charge in [-0.1, -0.05) is 24.3 Å². The number of hydrogen-bond acceptors (Lipinski definition) is 3. The van der Waals surface area contributed by atoms with Crippen molar-refractivity contribution in [3.8, 4) is 0 Å². The van der Waals surface area contributed by atoms with Gasteiger partial charge < -0.3 is 15.7 Å². The zero-order valence-electron chi connectivity index (χ0n) is 11.3. The van der Waals surface area contributed by atoms with Crippen LogP contribution in [0.2, 0.25) is 0 Å². The maximum Gasteiger partial charge on any atom is 0.242 e. The van der Waals surface area contributed by atoms with Gasteiger partial charge in [0.25, 0.3) is 0 Å². The van der Waals surface area contributed by atoms with Crippen LogP contribution in [0.5, 0.6) is 0 Å².